The molecule has 52 heavy (non-hydrogen) atoms. The second kappa shape index (κ2) is 12.4. The lowest BCUT2D eigenvalue weighted by molar-refractivity contribution is 0.911. The topological polar surface area (TPSA) is 30.9 Å². The smallest absolute Gasteiger partial charge is 0.191 e. The highest BCUT2D eigenvalue weighted by atomic mass is 15.2. The minimum Gasteiger partial charge on any atom is -0.309 e. The van der Waals surface area contributed by atoms with Crippen molar-refractivity contribution in [3.63, 3.8) is 0 Å². The molecule has 5 heteroatoms. The van der Waals surface area contributed by atoms with Gasteiger partial charge in [-0.1, -0.05) is 60.7 Å². The molecule has 0 aliphatic heterocycles. The van der Waals surface area contributed by atoms with Crippen LogP contribution in [0.1, 0.15) is 22.3 Å². The number of imidazole rings is 1. The van der Waals surface area contributed by atoms with Gasteiger partial charge in [-0.3, -0.25) is 4.57 Å². The van der Waals surface area contributed by atoms with Crippen molar-refractivity contribution >= 4 is 49.9 Å². The number of para-hydroxylation sites is 4. The summed E-state index contributed by atoms with van der Waals surface area (Å²) < 4.78 is 6.79. The summed E-state index contributed by atoms with van der Waals surface area (Å²) in [5, 5.41) is 2.40. The standard InChI is InChI=1S/C47H40N5/c1-31-13-10-14-32(2)46(31)35-25-26-48-45(27-35)52-41-20-7-6-19-39(41)40-24-23-38(29-44(40)52)51(47-33(3)15-11-16-34(47)4)37-18-12-17-36(28-37)50-30-49(5)42-21-8-9-22-43(42)50/h6-30H,1-5H3/q+1. The van der Waals surface area contributed by atoms with Crippen LogP contribution in [0, 0.1) is 27.7 Å². The second-order valence-electron chi connectivity index (χ2n) is 13.9. The van der Waals surface area contributed by atoms with Crippen molar-refractivity contribution in [3.05, 3.63) is 174 Å². The van der Waals surface area contributed by atoms with E-state index >= 15 is 0 Å². The van der Waals surface area contributed by atoms with Gasteiger partial charge in [0.15, 0.2) is 17.4 Å². The van der Waals surface area contributed by atoms with Crippen LogP contribution in [0.3, 0.4) is 0 Å². The quantitative estimate of drug-likeness (QED) is 0.164. The Hall–Kier alpha value is -6.46. The lowest BCUT2D eigenvalue weighted by atomic mass is 9.96. The van der Waals surface area contributed by atoms with Gasteiger partial charge in [-0.05, 0) is 116 Å². The van der Waals surface area contributed by atoms with E-state index in [-0.39, 0.29) is 0 Å². The van der Waals surface area contributed by atoms with Gasteiger partial charge >= 0.3 is 0 Å². The number of aromatic nitrogens is 4. The van der Waals surface area contributed by atoms with Gasteiger partial charge < -0.3 is 4.90 Å². The summed E-state index contributed by atoms with van der Waals surface area (Å²) >= 11 is 0. The molecule has 0 aliphatic carbocycles. The maximum Gasteiger partial charge on any atom is 0.191 e. The molecule has 9 rings (SSSR count). The van der Waals surface area contributed by atoms with Crippen LogP contribution in [-0.4, -0.2) is 18.7 Å². The van der Waals surface area contributed by atoms with Crippen molar-refractivity contribution in [3.8, 4) is 22.6 Å². The van der Waals surface area contributed by atoms with E-state index in [9.17, 15) is 0 Å². The van der Waals surface area contributed by atoms with Gasteiger partial charge in [0.05, 0.1) is 22.4 Å². The molecule has 0 unspecified atom stereocenters. The summed E-state index contributed by atoms with van der Waals surface area (Å²) in [5.74, 6) is 0.900. The van der Waals surface area contributed by atoms with E-state index in [1.165, 1.54) is 60.9 Å². The Balaban J connectivity index is 1.28. The molecular weight excluding hydrogens is 635 g/mol. The van der Waals surface area contributed by atoms with E-state index in [2.05, 4.69) is 199 Å². The fraction of sp³-hybridized carbons (Fsp3) is 0.106. The van der Waals surface area contributed by atoms with Crippen molar-refractivity contribution in [2.45, 2.75) is 27.7 Å². The number of rotatable bonds is 6. The number of nitrogens with zero attached hydrogens (tertiary/aromatic N) is 5. The lowest BCUT2D eigenvalue weighted by Crippen LogP contribution is -2.13. The molecule has 0 atom stereocenters. The fourth-order valence-corrected chi connectivity index (χ4v) is 8.13. The van der Waals surface area contributed by atoms with Crippen molar-refractivity contribution in [2.24, 2.45) is 7.05 Å². The molecule has 5 nitrogen and oxygen atoms in total. The molecule has 3 aromatic heterocycles. The third kappa shape index (κ3) is 5.08. The number of benzene rings is 6. The fourth-order valence-electron chi connectivity index (χ4n) is 8.13. The predicted octanol–water partition coefficient (Wildman–Crippen LogP) is 12.1. The van der Waals surface area contributed by atoms with Crippen molar-refractivity contribution in [1.29, 1.82) is 0 Å². The first-order valence-corrected chi connectivity index (χ1v) is 17.9. The highest BCUT2D eigenvalue weighted by Gasteiger charge is 2.22. The van der Waals surface area contributed by atoms with Gasteiger partial charge in [0, 0.05) is 54.0 Å². The molecule has 0 radical (unpaired) electrons. The minimum atomic E-state index is 0.900. The maximum atomic E-state index is 5.00. The van der Waals surface area contributed by atoms with E-state index in [0.717, 1.165) is 33.9 Å². The van der Waals surface area contributed by atoms with Crippen LogP contribution in [0.25, 0.3) is 55.5 Å². The SMILES string of the molecule is Cc1cccc(C)c1-c1ccnc(-n2c3ccccc3c3ccc(N(c4cccc(-n5[cH+]n(C)c6ccccc65)c4)c4c(C)cccc4C)cc32)c1. The maximum absolute atomic E-state index is 5.00. The summed E-state index contributed by atoms with van der Waals surface area (Å²) in [4.78, 5) is 7.42. The van der Waals surface area contributed by atoms with Crippen LogP contribution < -0.4 is 4.90 Å². The first-order chi connectivity index (χ1) is 25.4. The molecule has 0 bridgehead atoms. The summed E-state index contributed by atoms with van der Waals surface area (Å²) in [6, 6.07) is 50.4. The molecule has 0 saturated carbocycles. The predicted molar refractivity (Wildman–Crippen MR) is 218 cm³/mol. The molecule has 6 aromatic carbocycles. The van der Waals surface area contributed by atoms with Gasteiger partial charge in [0.25, 0.3) is 0 Å². The van der Waals surface area contributed by atoms with E-state index in [4.69, 9.17) is 4.98 Å². The molecular formula is C47H40N5+. The molecule has 252 valence electrons. The van der Waals surface area contributed by atoms with Gasteiger partial charge in [-0.15, -0.1) is 0 Å². The van der Waals surface area contributed by atoms with E-state index in [1.54, 1.807) is 0 Å². The Labute approximate surface area is 304 Å². The van der Waals surface area contributed by atoms with Gasteiger partial charge in [0.1, 0.15) is 11.5 Å². The van der Waals surface area contributed by atoms with Crippen LogP contribution >= 0.6 is 0 Å². The highest BCUT2D eigenvalue weighted by molar-refractivity contribution is 6.10. The second-order valence-corrected chi connectivity index (χ2v) is 13.9. The molecule has 0 amide bonds. The van der Waals surface area contributed by atoms with Crippen molar-refractivity contribution in [2.75, 3.05) is 4.90 Å². The zero-order valence-electron chi connectivity index (χ0n) is 30.2. The Morgan fingerprint density at radius 1 is 0.538 bits per heavy atom. The summed E-state index contributed by atoms with van der Waals surface area (Å²) in [6.07, 6.45) is 4.11. The Morgan fingerprint density at radius 2 is 1.17 bits per heavy atom. The van der Waals surface area contributed by atoms with Crippen molar-refractivity contribution < 1.29 is 0 Å². The Kier molecular flexibility index (Phi) is 7.51. The third-order valence-electron chi connectivity index (χ3n) is 10.5. The van der Waals surface area contributed by atoms with Crippen LogP contribution in [0.2, 0.25) is 0 Å². The monoisotopic (exact) mass is 674 g/mol. The Morgan fingerprint density at radius 3 is 1.94 bits per heavy atom. The van der Waals surface area contributed by atoms with Crippen LogP contribution in [0.15, 0.2) is 152 Å². The van der Waals surface area contributed by atoms with Gasteiger partial charge in [-0.2, -0.15) is 4.57 Å². The normalized spacial score (nSPS) is 11.6. The summed E-state index contributed by atoms with van der Waals surface area (Å²) in [6.45, 7) is 8.78. The Bertz CT molecular complexity index is 2780. The average Bonchev–Trinajstić information content (AvgIpc) is 3.67. The molecule has 3 heterocycles. The zero-order valence-corrected chi connectivity index (χ0v) is 30.2. The number of hydrogen-bond donors (Lipinski definition) is 0. The summed E-state index contributed by atoms with van der Waals surface area (Å²) in [5.41, 5.74) is 16.4. The highest BCUT2D eigenvalue weighted by Crippen LogP contribution is 2.42. The molecule has 0 N–H and O–H groups in total. The average molecular weight is 675 g/mol. The van der Waals surface area contributed by atoms with Crippen molar-refractivity contribution in [1.82, 2.24) is 18.7 Å². The van der Waals surface area contributed by atoms with Gasteiger partial charge in [0.2, 0.25) is 0 Å². The van der Waals surface area contributed by atoms with Gasteiger partial charge in [-0.25, -0.2) is 9.55 Å². The number of anilines is 3. The molecule has 0 fully saturated rings. The minimum absolute atomic E-state index is 0.900. The van der Waals surface area contributed by atoms with Crippen LogP contribution in [0.4, 0.5) is 17.1 Å². The van der Waals surface area contributed by atoms with E-state index < -0.39 is 0 Å². The third-order valence-corrected chi connectivity index (χ3v) is 10.5. The van der Waals surface area contributed by atoms with E-state index in [0.29, 0.717) is 0 Å². The van der Waals surface area contributed by atoms with Crippen LogP contribution in [-0.2, 0) is 7.05 Å². The zero-order chi connectivity index (χ0) is 35.5. The number of pyridine rings is 1. The number of aryl methyl sites for hydroxylation is 5. The molecule has 9 aromatic rings. The van der Waals surface area contributed by atoms with Crippen LogP contribution in [0.5, 0.6) is 0 Å². The summed E-state index contributed by atoms with van der Waals surface area (Å²) in [7, 11) is 2.10. The number of hydrogen-bond acceptors (Lipinski definition) is 2. The molecule has 0 aliphatic rings. The molecule has 0 spiro atoms. The molecule has 0 saturated heterocycles. The first-order valence-electron chi connectivity index (χ1n) is 17.9. The first kappa shape index (κ1) is 31.5. The van der Waals surface area contributed by atoms with E-state index in [1.807, 2.05) is 6.20 Å². The lowest BCUT2D eigenvalue weighted by Gasteiger charge is -2.29. The number of fused-ring (bicyclic) bond motifs is 4. The largest absolute Gasteiger partial charge is 0.309 e.